The fraction of sp³-hybridized carbons (Fsp3) is 0.308. The highest BCUT2D eigenvalue weighted by atomic mass is 32.2. The highest BCUT2D eigenvalue weighted by Crippen LogP contribution is 2.34. The number of hydrogen-bond donors (Lipinski definition) is 2. The van der Waals surface area contributed by atoms with E-state index in [9.17, 15) is 13.2 Å². The SMILES string of the molecule is Cc1cc(C)c(CN2C[C@H](c3ccccc3)C[C@@H]2C(=O)NS(=O)(=O)c2cccc(N)n2)c(C)c1.[HH].[HH]. The van der Waals surface area contributed by atoms with Crippen molar-refractivity contribution in [3.8, 4) is 0 Å². The molecule has 2 aromatic carbocycles. The lowest BCUT2D eigenvalue weighted by Gasteiger charge is -2.25. The Balaban J connectivity index is 0.00000228. The largest absolute Gasteiger partial charge is 0.384 e. The summed E-state index contributed by atoms with van der Waals surface area (Å²) in [6.07, 6.45) is 0.527. The van der Waals surface area contributed by atoms with Crippen LogP contribution in [0.15, 0.2) is 65.7 Å². The molecule has 34 heavy (non-hydrogen) atoms. The number of sulfonamides is 1. The zero-order chi connectivity index (χ0) is 24.5. The van der Waals surface area contributed by atoms with E-state index in [1.807, 2.05) is 18.2 Å². The number of pyridine rings is 1. The van der Waals surface area contributed by atoms with Gasteiger partial charge in [-0.05, 0) is 67.5 Å². The Labute approximate surface area is 204 Å². The predicted molar refractivity (Wildman–Crippen MR) is 137 cm³/mol. The number of carbonyl (C=O) groups is 1. The van der Waals surface area contributed by atoms with Crippen molar-refractivity contribution in [3.63, 3.8) is 0 Å². The van der Waals surface area contributed by atoms with Gasteiger partial charge in [0.2, 0.25) is 0 Å². The lowest BCUT2D eigenvalue weighted by molar-refractivity contribution is -0.123. The number of amides is 1. The molecule has 2 heterocycles. The minimum atomic E-state index is -4.14. The molecule has 1 saturated heterocycles. The van der Waals surface area contributed by atoms with E-state index in [2.05, 4.69) is 59.6 Å². The van der Waals surface area contributed by atoms with Crippen molar-refractivity contribution in [2.24, 2.45) is 0 Å². The minimum Gasteiger partial charge on any atom is -0.384 e. The van der Waals surface area contributed by atoms with Crippen LogP contribution in [0.5, 0.6) is 0 Å². The van der Waals surface area contributed by atoms with Gasteiger partial charge in [0.05, 0.1) is 6.04 Å². The van der Waals surface area contributed by atoms with E-state index >= 15 is 0 Å². The van der Waals surface area contributed by atoms with Gasteiger partial charge in [-0.1, -0.05) is 54.1 Å². The van der Waals surface area contributed by atoms with Gasteiger partial charge >= 0.3 is 0 Å². The summed E-state index contributed by atoms with van der Waals surface area (Å²) in [7, 11) is -4.14. The summed E-state index contributed by atoms with van der Waals surface area (Å²) in [5.41, 5.74) is 11.5. The zero-order valence-corrected chi connectivity index (χ0v) is 20.5. The van der Waals surface area contributed by atoms with Crippen molar-refractivity contribution < 1.29 is 16.1 Å². The Kier molecular flexibility index (Phi) is 6.72. The van der Waals surface area contributed by atoms with Gasteiger partial charge in [-0.2, -0.15) is 8.42 Å². The number of rotatable bonds is 6. The molecule has 7 nitrogen and oxygen atoms in total. The van der Waals surface area contributed by atoms with E-state index in [1.165, 1.54) is 23.8 Å². The highest BCUT2D eigenvalue weighted by Gasteiger charge is 2.39. The third kappa shape index (κ3) is 5.13. The van der Waals surface area contributed by atoms with Crippen molar-refractivity contribution in [1.82, 2.24) is 14.6 Å². The number of aryl methyl sites for hydroxylation is 3. The van der Waals surface area contributed by atoms with E-state index in [1.54, 1.807) is 0 Å². The van der Waals surface area contributed by atoms with Crippen molar-refractivity contribution in [2.75, 3.05) is 12.3 Å². The summed E-state index contributed by atoms with van der Waals surface area (Å²) in [4.78, 5) is 19.3. The van der Waals surface area contributed by atoms with Gasteiger partial charge in [-0.15, -0.1) is 0 Å². The summed E-state index contributed by atoms with van der Waals surface area (Å²) in [5.74, 6) is -0.353. The second-order valence-corrected chi connectivity index (χ2v) is 10.7. The summed E-state index contributed by atoms with van der Waals surface area (Å²) < 4.78 is 27.9. The number of likely N-dealkylation sites (tertiary alicyclic amines) is 1. The Bertz CT molecular complexity index is 1300. The first-order valence-electron chi connectivity index (χ1n) is 11.3. The molecular weight excluding hydrogens is 448 g/mol. The van der Waals surface area contributed by atoms with E-state index in [-0.39, 0.29) is 19.6 Å². The van der Waals surface area contributed by atoms with E-state index in [4.69, 9.17) is 5.73 Å². The minimum absolute atomic E-state index is 0. The van der Waals surface area contributed by atoms with E-state index in [0.717, 1.165) is 22.3 Å². The second-order valence-electron chi connectivity index (χ2n) is 9.04. The molecule has 0 unspecified atom stereocenters. The van der Waals surface area contributed by atoms with E-state index in [0.29, 0.717) is 19.5 Å². The molecule has 1 amide bonds. The maximum Gasteiger partial charge on any atom is 0.281 e. The van der Waals surface area contributed by atoms with Crippen LogP contribution < -0.4 is 10.5 Å². The number of nitrogens with one attached hydrogen (secondary N) is 1. The number of carbonyl (C=O) groups excluding carboxylic acids is 1. The number of benzene rings is 2. The van der Waals surface area contributed by atoms with E-state index < -0.39 is 22.0 Å². The monoisotopic (exact) mass is 482 g/mol. The number of nitrogen functional groups attached to an aromatic ring is 1. The Hall–Kier alpha value is -3.23. The second kappa shape index (κ2) is 9.56. The molecule has 1 fully saturated rings. The smallest absolute Gasteiger partial charge is 0.281 e. The molecule has 0 saturated carbocycles. The molecule has 0 aliphatic carbocycles. The van der Waals surface area contributed by atoms with Crippen LogP contribution in [-0.4, -0.2) is 36.8 Å². The summed E-state index contributed by atoms with van der Waals surface area (Å²) in [6.45, 7) is 7.44. The van der Waals surface area contributed by atoms with Crippen LogP contribution in [0.2, 0.25) is 0 Å². The maximum atomic E-state index is 13.3. The Morgan fingerprint density at radius 1 is 1.09 bits per heavy atom. The molecule has 1 aliphatic heterocycles. The number of anilines is 1. The molecule has 3 aromatic rings. The molecule has 8 heteroatoms. The standard InChI is InChI=1S/C26H30N4O3S.2H2/c1-17-12-18(2)22(19(3)13-17)16-30-15-21(20-8-5-4-6-9-20)14-23(30)26(31)29-34(32,33)25-11-7-10-24(27)28-25;;/h4-13,21,23H,14-16H2,1-3H3,(H2,27,28)(H,29,31);2*1H/t21-,23-;;/m1../s1. The van der Waals surface area contributed by atoms with Crippen LogP contribution in [0.3, 0.4) is 0 Å². The van der Waals surface area contributed by atoms with Crippen molar-refractivity contribution in [2.45, 2.75) is 50.7 Å². The molecule has 1 aliphatic rings. The third-order valence-electron chi connectivity index (χ3n) is 6.43. The number of aromatic nitrogens is 1. The van der Waals surface area contributed by atoms with Crippen molar-refractivity contribution >= 4 is 21.7 Å². The van der Waals surface area contributed by atoms with Gasteiger partial charge < -0.3 is 5.73 Å². The number of nitrogens with zero attached hydrogens (tertiary/aromatic N) is 2. The van der Waals surface area contributed by atoms with Crippen LogP contribution in [0.25, 0.3) is 0 Å². The van der Waals surface area contributed by atoms with Gasteiger partial charge in [0, 0.05) is 15.9 Å². The summed E-state index contributed by atoms with van der Waals surface area (Å²) in [5, 5.41) is -0.268. The first kappa shape index (κ1) is 23.9. The van der Waals surface area contributed by atoms with Crippen LogP contribution in [0.4, 0.5) is 5.82 Å². The summed E-state index contributed by atoms with van der Waals surface area (Å²) in [6, 6.07) is 18.0. The first-order chi connectivity index (χ1) is 16.1. The molecule has 0 bridgehead atoms. The third-order valence-corrected chi connectivity index (χ3v) is 7.68. The number of hydrogen-bond acceptors (Lipinski definition) is 6. The maximum absolute atomic E-state index is 13.3. The molecule has 1 aromatic heterocycles. The average molecular weight is 483 g/mol. The van der Waals surface area contributed by atoms with Crippen LogP contribution in [0, 0.1) is 20.8 Å². The number of nitrogens with two attached hydrogens (primary N) is 1. The van der Waals surface area contributed by atoms with Gasteiger partial charge in [-0.25, -0.2) is 9.71 Å². The van der Waals surface area contributed by atoms with Gasteiger partial charge in [0.1, 0.15) is 5.82 Å². The molecular formula is C26H34N4O3S. The normalized spacial score (nSPS) is 18.7. The quantitative estimate of drug-likeness (QED) is 0.551. The molecule has 0 radical (unpaired) electrons. The fourth-order valence-corrected chi connectivity index (χ4v) is 5.80. The lowest BCUT2D eigenvalue weighted by Crippen LogP contribution is -2.45. The van der Waals surface area contributed by atoms with Gasteiger partial charge in [0.25, 0.3) is 15.9 Å². The fourth-order valence-electron chi connectivity index (χ4n) is 4.81. The molecule has 2 atom stereocenters. The molecule has 182 valence electrons. The molecule has 3 N–H and O–H groups in total. The Morgan fingerprint density at radius 2 is 1.76 bits per heavy atom. The zero-order valence-electron chi connectivity index (χ0n) is 19.7. The summed E-state index contributed by atoms with van der Waals surface area (Å²) >= 11 is 0. The topological polar surface area (TPSA) is 105 Å². The van der Waals surface area contributed by atoms with Gasteiger partial charge in [-0.3, -0.25) is 9.69 Å². The van der Waals surface area contributed by atoms with Gasteiger partial charge in [0.15, 0.2) is 5.03 Å². The highest BCUT2D eigenvalue weighted by molar-refractivity contribution is 7.90. The van der Waals surface area contributed by atoms with Crippen LogP contribution >= 0.6 is 0 Å². The lowest BCUT2D eigenvalue weighted by atomic mass is 9.96. The predicted octanol–water partition coefficient (Wildman–Crippen LogP) is 3.94. The van der Waals surface area contributed by atoms with Crippen molar-refractivity contribution in [1.29, 1.82) is 0 Å². The average Bonchev–Trinajstić information content (AvgIpc) is 3.21. The van der Waals surface area contributed by atoms with Crippen molar-refractivity contribution in [3.05, 3.63) is 88.5 Å². The van der Waals surface area contributed by atoms with Crippen LogP contribution in [0.1, 0.15) is 43.0 Å². The molecule has 4 rings (SSSR count). The first-order valence-corrected chi connectivity index (χ1v) is 12.8. The van der Waals surface area contributed by atoms with Crippen LogP contribution in [-0.2, 0) is 21.4 Å². The Morgan fingerprint density at radius 3 is 2.41 bits per heavy atom. The molecule has 0 spiro atoms.